The van der Waals surface area contributed by atoms with Crippen LogP contribution in [0.25, 0.3) is 0 Å². The average Bonchev–Trinajstić information content (AvgIpc) is 3.11. The highest BCUT2D eigenvalue weighted by molar-refractivity contribution is 7.09. The molecule has 0 fully saturated rings. The first-order valence-corrected chi connectivity index (χ1v) is 8.99. The third-order valence-electron chi connectivity index (χ3n) is 3.71. The fourth-order valence-electron chi connectivity index (χ4n) is 2.43. The summed E-state index contributed by atoms with van der Waals surface area (Å²) in [5, 5.41) is 3.39. The van der Waals surface area contributed by atoms with Crippen molar-refractivity contribution in [3.8, 4) is 0 Å². The standard InChI is InChI=1S/C17H14Cl2FN3OS/c1-10-21-12(9-25-10)8-23(13-5-3-11(20)4-6-13)17(24)15-7-14(18)16(19)22(15)2/h3-7,9H,8H2,1-2H3. The molecule has 3 aromatic rings. The van der Waals surface area contributed by atoms with Crippen LogP contribution in [0.15, 0.2) is 35.7 Å². The summed E-state index contributed by atoms with van der Waals surface area (Å²) < 4.78 is 14.8. The van der Waals surface area contributed by atoms with E-state index in [0.717, 1.165) is 10.7 Å². The first-order valence-electron chi connectivity index (χ1n) is 7.36. The van der Waals surface area contributed by atoms with Gasteiger partial charge in [0.2, 0.25) is 0 Å². The molecule has 8 heteroatoms. The van der Waals surface area contributed by atoms with Crippen molar-refractivity contribution >= 4 is 46.1 Å². The van der Waals surface area contributed by atoms with Crippen molar-refractivity contribution in [2.45, 2.75) is 13.5 Å². The maximum atomic E-state index is 13.3. The monoisotopic (exact) mass is 397 g/mol. The Morgan fingerprint density at radius 1 is 1.32 bits per heavy atom. The van der Waals surface area contributed by atoms with Crippen LogP contribution in [-0.2, 0) is 13.6 Å². The summed E-state index contributed by atoms with van der Waals surface area (Å²) in [6.45, 7) is 2.16. The zero-order chi connectivity index (χ0) is 18.1. The number of benzene rings is 1. The molecule has 0 aliphatic rings. The maximum absolute atomic E-state index is 13.3. The minimum absolute atomic E-state index is 0.259. The van der Waals surface area contributed by atoms with Crippen LogP contribution in [0.1, 0.15) is 21.2 Å². The second kappa shape index (κ2) is 7.15. The minimum Gasteiger partial charge on any atom is -0.329 e. The molecule has 0 saturated heterocycles. The number of thiazole rings is 1. The molecular weight excluding hydrogens is 384 g/mol. The Morgan fingerprint density at radius 2 is 2.00 bits per heavy atom. The average molecular weight is 398 g/mol. The molecule has 0 saturated carbocycles. The number of aromatic nitrogens is 2. The quantitative estimate of drug-likeness (QED) is 0.615. The van der Waals surface area contributed by atoms with E-state index >= 15 is 0 Å². The van der Waals surface area contributed by atoms with Crippen LogP contribution in [0, 0.1) is 12.7 Å². The summed E-state index contributed by atoms with van der Waals surface area (Å²) in [5.74, 6) is -0.667. The predicted molar refractivity (Wildman–Crippen MR) is 99.2 cm³/mol. The van der Waals surface area contributed by atoms with Crippen LogP contribution >= 0.6 is 34.5 Å². The van der Waals surface area contributed by atoms with Gasteiger partial charge in [0.05, 0.1) is 22.3 Å². The fourth-order valence-corrected chi connectivity index (χ4v) is 3.41. The van der Waals surface area contributed by atoms with Gasteiger partial charge < -0.3 is 9.47 Å². The van der Waals surface area contributed by atoms with E-state index in [4.69, 9.17) is 23.2 Å². The van der Waals surface area contributed by atoms with Gasteiger partial charge in [-0.3, -0.25) is 4.79 Å². The highest BCUT2D eigenvalue weighted by Gasteiger charge is 2.24. The molecule has 25 heavy (non-hydrogen) atoms. The van der Waals surface area contributed by atoms with E-state index < -0.39 is 0 Å². The van der Waals surface area contributed by atoms with Crippen LogP contribution in [0.5, 0.6) is 0 Å². The Hall–Kier alpha value is -1.89. The van der Waals surface area contributed by atoms with Gasteiger partial charge in [0.15, 0.2) is 0 Å². The maximum Gasteiger partial charge on any atom is 0.275 e. The van der Waals surface area contributed by atoms with Crippen LogP contribution in [0.4, 0.5) is 10.1 Å². The van der Waals surface area contributed by atoms with E-state index in [9.17, 15) is 9.18 Å². The smallest absolute Gasteiger partial charge is 0.275 e. The molecule has 0 unspecified atom stereocenters. The van der Waals surface area contributed by atoms with E-state index in [1.54, 1.807) is 19.2 Å². The minimum atomic E-state index is -0.370. The van der Waals surface area contributed by atoms with E-state index in [2.05, 4.69) is 4.98 Å². The van der Waals surface area contributed by atoms with Crippen molar-refractivity contribution in [3.05, 3.63) is 68.1 Å². The molecule has 2 heterocycles. The van der Waals surface area contributed by atoms with Gasteiger partial charge in [0.25, 0.3) is 5.91 Å². The second-order valence-corrected chi connectivity index (χ2v) is 7.28. The van der Waals surface area contributed by atoms with Crippen LogP contribution < -0.4 is 4.90 Å². The number of hydrogen-bond donors (Lipinski definition) is 0. The molecule has 0 spiro atoms. The Bertz CT molecular complexity index is 921. The second-order valence-electron chi connectivity index (χ2n) is 5.45. The fraction of sp³-hybridized carbons (Fsp3) is 0.176. The highest BCUT2D eigenvalue weighted by Crippen LogP contribution is 2.28. The van der Waals surface area contributed by atoms with Gasteiger partial charge in [-0.2, -0.15) is 0 Å². The van der Waals surface area contributed by atoms with Crippen molar-refractivity contribution in [3.63, 3.8) is 0 Å². The molecule has 0 atom stereocenters. The van der Waals surface area contributed by atoms with Gasteiger partial charge in [-0.15, -0.1) is 11.3 Å². The number of rotatable bonds is 4. The molecule has 2 aromatic heterocycles. The topological polar surface area (TPSA) is 38.1 Å². The number of nitrogens with zero attached hydrogens (tertiary/aromatic N) is 3. The molecule has 0 N–H and O–H groups in total. The van der Waals surface area contributed by atoms with Crippen LogP contribution in [0.2, 0.25) is 10.2 Å². The Labute approximate surface area is 158 Å². The lowest BCUT2D eigenvalue weighted by Crippen LogP contribution is -2.32. The zero-order valence-electron chi connectivity index (χ0n) is 13.5. The Balaban J connectivity index is 2.01. The molecule has 0 bridgehead atoms. The van der Waals surface area contributed by atoms with Crippen molar-refractivity contribution in [1.82, 2.24) is 9.55 Å². The normalized spacial score (nSPS) is 10.9. The van der Waals surface area contributed by atoms with Crippen molar-refractivity contribution in [2.24, 2.45) is 7.05 Å². The molecule has 1 amide bonds. The first-order chi connectivity index (χ1) is 11.9. The van der Waals surface area contributed by atoms with Gasteiger partial charge in [0, 0.05) is 18.1 Å². The largest absolute Gasteiger partial charge is 0.329 e. The molecule has 130 valence electrons. The van der Waals surface area contributed by atoms with Crippen molar-refractivity contribution < 1.29 is 9.18 Å². The molecule has 3 rings (SSSR count). The lowest BCUT2D eigenvalue weighted by molar-refractivity contribution is 0.0977. The lowest BCUT2D eigenvalue weighted by atomic mass is 10.2. The third kappa shape index (κ3) is 3.71. The molecule has 4 nitrogen and oxygen atoms in total. The van der Waals surface area contributed by atoms with Gasteiger partial charge in [-0.05, 0) is 37.3 Å². The number of carbonyl (C=O) groups is 1. The van der Waals surface area contributed by atoms with E-state index in [-0.39, 0.29) is 23.4 Å². The highest BCUT2D eigenvalue weighted by atomic mass is 35.5. The van der Waals surface area contributed by atoms with Gasteiger partial charge >= 0.3 is 0 Å². The van der Waals surface area contributed by atoms with E-state index in [0.29, 0.717) is 16.4 Å². The summed E-state index contributed by atoms with van der Waals surface area (Å²) in [6.07, 6.45) is 0. The first kappa shape index (κ1) is 17.9. The summed E-state index contributed by atoms with van der Waals surface area (Å²) in [6, 6.07) is 7.26. The number of amides is 1. The third-order valence-corrected chi connectivity index (χ3v) is 5.37. The summed E-state index contributed by atoms with van der Waals surface area (Å²) in [4.78, 5) is 19.0. The summed E-state index contributed by atoms with van der Waals surface area (Å²) in [7, 11) is 1.66. The molecule has 0 aliphatic heterocycles. The number of carbonyl (C=O) groups excluding carboxylic acids is 1. The van der Waals surface area contributed by atoms with Crippen LogP contribution in [-0.4, -0.2) is 15.5 Å². The van der Waals surface area contributed by atoms with Gasteiger partial charge in [-0.25, -0.2) is 9.37 Å². The summed E-state index contributed by atoms with van der Waals surface area (Å²) in [5.41, 5.74) is 1.66. The molecule has 1 aromatic carbocycles. The van der Waals surface area contributed by atoms with Crippen molar-refractivity contribution in [1.29, 1.82) is 0 Å². The number of halogens is 3. The molecular formula is C17H14Cl2FN3OS. The van der Waals surface area contributed by atoms with E-state index in [1.807, 2.05) is 12.3 Å². The Kier molecular flexibility index (Phi) is 5.13. The SMILES string of the molecule is Cc1nc(CN(C(=O)c2cc(Cl)c(Cl)n2C)c2ccc(F)cc2)cs1. The van der Waals surface area contributed by atoms with E-state index in [1.165, 1.54) is 39.0 Å². The Morgan fingerprint density at radius 3 is 2.52 bits per heavy atom. The zero-order valence-corrected chi connectivity index (χ0v) is 15.8. The summed E-state index contributed by atoms with van der Waals surface area (Å²) >= 11 is 13.6. The number of anilines is 1. The molecule has 0 aliphatic carbocycles. The van der Waals surface area contributed by atoms with Gasteiger partial charge in [-0.1, -0.05) is 23.2 Å². The van der Waals surface area contributed by atoms with Crippen molar-refractivity contribution in [2.75, 3.05) is 4.90 Å². The van der Waals surface area contributed by atoms with Gasteiger partial charge in [0.1, 0.15) is 16.7 Å². The predicted octanol–water partition coefficient (Wildman–Crippen LogP) is 5.08. The lowest BCUT2D eigenvalue weighted by Gasteiger charge is -2.22. The number of hydrogen-bond acceptors (Lipinski definition) is 3. The van der Waals surface area contributed by atoms with Crippen LogP contribution in [0.3, 0.4) is 0 Å². The molecule has 0 radical (unpaired) electrons. The number of aryl methyl sites for hydroxylation is 1.